The zero-order valence-electron chi connectivity index (χ0n) is 15.5. The molecule has 1 heterocycles. The number of nitro benzene ring substituents is 1. The van der Waals surface area contributed by atoms with Crippen LogP contribution in [0.5, 0.6) is 5.75 Å². The van der Waals surface area contributed by atoms with Crippen LogP contribution >= 0.6 is 0 Å². The smallest absolute Gasteiger partial charge is 0.311 e. The van der Waals surface area contributed by atoms with Gasteiger partial charge < -0.3 is 10.1 Å². The Balaban J connectivity index is 1.69. The standard InChI is InChI=1S/C19H27N3O4/c1-13-10-17(22(24)25)18(26-2)11-15(13)20-19(23)12-21-9-5-7-14-6-3-4-8-16(14)21/h10-11,14,16H,3-9,12H2,1-2H3,(H,20,23)/t14-,16+/m1/s1. The number of anilines is 1. The number of amides is 1. The first-order chi connectivity index (χ1) is 12.5. The van der Waals surface area contributed by atoms with Gasteiger partial charge in [0.25, 0.3) is 0 Å². The fourth-order valence-electron chi connectivity index (χ4n) is 4.41. The lowest BCUT2D eigenvalue weighted by atomic mass is 9.78. The highest BCUT2D eigenvalue weighted by Gasteiger charge is 2.34. The first-order valence-electron chi connectivity index (χ1n) is 9.36. The lowest BCUT2D eigenvalue weighted by Gasteiger charge is -2.43. The van der Waals surface area contributed by atoms with Crippen LogP contribution in [0.3, 0.4) is 0 Å². The second-order valence-electron chi connectivity index (χ2n) is 7.37. The number of ether oxygens (including phenoxy) is 1. The van der Waals surface area contributed by atoms with Gasteiger partial charge in [-0.2, -0.15) is 0 Å². The van der Waals surface area contributed by atoms with Crippen LogP contribution in [0, 0.1) is 23.0 Å². The second-order valence-corrected chi connectivity index (χ2v) is 7.37. The molecule has 142 valence electrons. The molecule has 0 aromatic heterocycles. The first-order valence-corrected chi connectivity index (χ1v) is 9.36. The molecular weight excluding hydrogens is 334 g/mol. The monoisotopic (exact) mass is 361 g/mol. The Hall–Kier alpha value is -2.15. The number of benzene rings is 1. The normalized spacial score (nSPS) is 23.2. The van der Waals surface area contributed by atoms with Crippen molar-refractivity contribution in [2.24, 2.45) is 5.92 Å². The molecular formula is C19H27N3O4. The van der Waals surface area contributed by atoms with E-state index in [0.717, 1.165) is 18.9 Å². The molecule has 0 radical (unpaired) electrons. The molecule has 7 nitrogen and oxygen atoms in total. The summed E-state index contributed by atoms with van der Waals surface area (Å²) in [7, 11) is 1.39. The van der Waals surface area contributed by atoms with Gasteiger partial charge in [0, 0.05) is 23.9 Å². The largest absolute Gasteiger partial charge is 0.490 e. The van der Waals surface area contributed by atoms with Crippen LogP contribution in [0.2, 0.25) is 0 Å². The molecule has 2 fully saturated rings. The fourth-order valence-corrected chi connectivity index (χ4v) is 4.41. The quantitative estimate of drug-likeness (QED) is 0.641. The maximum atomic E-state index is 12.6. The molecule has 1 saturated heterocycles. The van der Waals surface area contributed by atoms with Crippen molar-refractivity contribution in [1.82, 2.24) is 4.90 Å². The first kappa shape index (κ1) is 18.6. The molecule has 1 aromatic carbocycles. The van der Waals surface area contributed by atoms with E-state index >= 15 is 0 Å². The Labute approximate surface area is 153 Å². The minimum Gasteiger partial charge on any atom is -0.490 e. The lowest BCUT2D eigenvalue weighted by Crippen LogP contribution is -2.49. The fraction of sp³-hybridized carbons (Fsp3) is 0.632. The Kier molecular flexibility index (Phi) is 5.76. The van der Waals surface area contributed by atoms with Gasteiger partial charge in [0.1, 0.15) is 0 Å². The minimum atomic E-state index is -0.478. The third-order valence-electron chi connectivity index (χ3n) is 5.70. The molecule has 2 aliphatic rings. The average molecular weight is 361 g/mol. The van der Waals surface area contributed by atoms with Crippen LogP contribution in [0.4, 0.5) is 11.4 Å². The minimum absolute atomic E-state index is 0.0739. The Morgan fingerprint density at radius 2 is 2.04 bits per heavy atom. The Morgan fingerprint density at radius 3 is 2.77 bits per heavy atom. The SMILES string of the molecule is COc1cc(NC(=O)CN2CCC[C@H]3CCCC[C@@H]32)c(C)cc1[N+](=O)[O-]. The van der Waals surface area contributed by atoms with Crippen LogP contribution < -0.4 is 10.1 Å². The number of carbonyl (C=O) groups is 1. The van der Waals surface area contributed by atoms with Crippen molar-refractivity contribution in [1.29, 1.82) is 0 Å². The molecule has 2 atom stereocenters. The van der Waals surface area contributed by atoms with Gasteiger partial charge in [-0.3, -0.25) is 19.8 Å². The molecule has 7 heteroatoms. The van der Waals surface area contributed by atoms with Crippen LogP contribution in [0.15, 0.2) is 12.1 Å². The van der Waals surface area contributed by atoms with Crippen LogP contribution in [0.1, 0.15) is 44.1 Å². The van der Waals surface area contributed by atoms with Crippen molar-refractivity contribution in [2.45, 2.75) is 51.5 Å². The van der Waals surface area contributed by atoms with Crippen LogP contribution in [-0.4, -0.2) is 42.0 Å². The number of hydrogen-bond acceptors (Lipinski definition) is 5. The molecule has 1 N–H and O–H groups in total. The van der Waals surface area contributed by atoms with Crippen molar-refractivity contribution in [3.63, 3.8) is 0 Å². The highest BCUT2D eigenvalue weighted by Crippen LogP contribution is 2.35. The highest BCUT2D eigenvalue weighted by atomic mass is 16.6. The maximum Gasteiger partial charge on any atom is 0.311 e. The topological polar surface area (TPSA) is 84.7 Å². The van der Waals surface area contributed by atoms with Crippen molar-refractivity contribution >= 4 is 17.3 Å². The van der Waals surface area contributed by atoms with Gasteiger partial charge in [-0.1, -0.05) is 12.8 Å². The number of hydrogen-bond donors (Lipinski definition) is 1. The average Bonchev–Trinajstić information content (AvgIpc) is 2.63. The van der Waals surface area contributed by atoms with Crippen molar-refractivity contribution in [2.75, 3.05) is 25.5 Å². The number of nitrogens with zero attached hydrogens (tertiary/aromatic N) is 2. The third kappa shape index (κ3) is 3.98. The van der Waals surface area contributed by atoms with Gasteiger partial charge in [0.15, 0.2) is 5.75 Å². The summed E-state index contributed by atoms with van der Waals surface area (Å²) in [5.74, 6) is 0.808. The van der Waals surface area contributed by atoms with Crippen molar-refractivity contribution < 1.29 is 14.5 Å². The Bertz CT molecular complexity index is 690. The van der Waals surface area contributed by atoms with E-state index in [1.807, 2.05) is 0 Å². The number of rotatable bonds is 5. The van der Waals surface area contributed by atoms with Gasteiger partial charge in [0.2, 0.25) is 5.91 Å². The summed E-state index contributed by atoms with van der Waals surface area (Å²) in [6.07, 6.45) is 7.45. The molecule has 1 aliphatic carbocycles. The van der Waals surface area contributed by atoms with E-state index < -0.39 is 4.92 Å². The predicted octanol–water partition coefficient (Wildman–Crippen LogP) is 3.50. The molecule has 1 aliphatic heterocycles. The van der Waals surface area contributed by atoms with Crippen molar-refractivity contribution in [3.05, 3.63) is 27.8 Å². The molecule has 0 unspecified atom stereocenters. The number of likely N-dealkylation sites (tertiary alicyclic amines) is 1. The summed E-state index contributed by atoms with van der Waals surface area (Å²) < 4.78 is 5.10. The van der Waals surface area contributed by atoms with Gasteiger partial charge in [-0.25, -0.2) is 0 Å². The van der Waals surface area contributed by atoms with E-state index in [0.29, 0.717) is 23.8 Å². The maximum absolute atomic E-state index is 12.6. The van der Waals surface area contributed by atoms with Gasteiger partial charge >= 0.3 is 5.69 Å². The van der Waals surface area contributed by atoms with Gasteiger partial charge in [-0.15, -0.1) is 0 Å². The van der Waals surface area contributed by atoms with E-state index in [9.17, 15) is 14.9 Å². The number of piperidine rings is 1. The number of nitro groups is 1. The summed E-state index contributed by atoms with van der Waals surface area (Å²) in [5.41, 5.74) is 1.12. The predicted molar refractivity (Wildman–Crippen MR) is 99.6 cm³/mol. The molecule has 1 amide bonds. The molecule has 0 spiro atoms. The second kappa shape index (κ2) is 8.03. The molecule has 3 rings (SSSR count). The van der Waals surface area contributed by atoms with Crippen molar-refractivity contribution in [3.8, 4) is 5.75 Å². The molecule has 26 heavy (non-hydrogen) atoms. The summed E-state index contributed by atoms with van der Waals surface area (Å²) in [6, 6.07) is 3.49. The molecule has 1 aromatic rings. The summed E-state index contributed by atoms with van der Waals surface area (Å²) in [4.78, 5) is 25.5. The Morgan fingerprint density at radius 1 is 1.31 bits per heavy atom. The van der Waals surface area contributed by atoms with E-state index in [1.165, 1.54) is 51.3 Å². The van der Waals surface area contributed by atoms with E-state index in [1.54, 1.807) is 6.92 Å². The number of fused-ring (bicyclic) bond motifs is 1. The summed E-state index contributed by atoms with van der Waals surface area (Å²) >= 11 is 0. The number of carbonyl (C=O) groups excluding carboxylic acids is 1. The van der Waals surface area contributed by atoms with Crippen LogP contribution in [-0.2, 0) is 4.79 Å². The number of nitrogens with one attached hydrogen (secondary N) is 1. The molecule has 1 saturated carbocycles. The van der Waals surface area contributed by atoms with E-state index in [4.69, 9.17) is 4.74 Å². The zero-order chi connectivity index (χ0) is 18.7. The zero-order valence-corrected chi connectivity index (χ0v) is 15.5. The summed E-state index contributed by atoms with van der Waals surface area (Å²) in [6.45, 7) is 3.09. The number of aryl methyl sites for hydroxylation is 1. The number of methoxy groups -OCH3 is 1. The lowest BCUT2D eigenvalue weighted by molar-refractivity contribution is -0.385. The van der Waals surface area contributed by atoms with E-state index in [2.05, 4.69) is 10.2 Å². The van der Waals surface area contributed by atoms with Gasteiger partial charge in [0.05, 0.1) is 18.6 Å². The van der Waals surface area contributed by atoms with Gasteiger partial charge in [-0.05, 0) is 50.6 Å². The summed E-state index contributed by atoms with van der Waals surface area (Å²) in [5, 5.41) is 14.0. The van der Waals surface area contributed by atoms with Crippen LogP contribution in [0.25, 0.3) is 0 Å². The highest BCUT2D eigenvalue weighted by molar-refractivity contribution is 5.93. The molecule has 0 bridgehead atoms. The van der Waals surface area contributed by atoms with E-state index in [-0.39, 0.29) is 17.3 Å². The third-order valence-corrected chi connectivity index (χ3v) is 5.70.